The standard InChI is InChI=1S/C51H54/c1-10-15-23-44-36(9)51(33-42(37(13-4)20-12-3)30-41(29-35(51)8)38-21-18-17-19-22-38)49-28-26-40(31-47(44)49)39-25-27-45-43(14-5)46(24-16-11-2)50(34(6)7)48(45)32-39/h12-13,15-34,43H,3-4,10-11,14H2,1-2,5-9H3/b23-15-,24-16-,37-20+. The van der Waals surface area contributed by atoms with Crippen LogP contribution in [-0.4, -0.2) is 0 Å². The van der Waals surface area contributed by atoms with Gasteiger partial charge in [0, 0.05) is 5.92 Å². The molecule has 0 heteroatoms. The first kappa shape index (κ1) is 35.9. The molecule has 0 amide bonds. The van der Waals surface area contributed by atoms with Gasteiger partial charge in [-0.25, -0.2) is 0 Å². The summed E-state index contributed by atoms with van der Waals surface area (Å²) >= 11 is 0. The normalized spacial score (nSPS) is 20.3. The van der Waals surface area contributed by atoms with E-state index in [1.165, 1.54) is 72.4 Å². The Bertz CT molecular complexity index is 2110. The van der Waals surface area contributed by atoms with E-state index in [2.05, 4.69) is 177 Å². The van der Waals surface area contributed by atoms with Gasteiger partial charge in [-0.1, -0.05) is 163 Å². The molecular formula is C51H54. The molecule has 3 aromatic carbocycles. The first-order chi connectivity index (χ1) is 24.7. The molecule has 0 aromatic heterocycles. The Morgan fingerprint density at radius 1 is 0.804 bits per heavy atom. The van der Waals surface area contributed by atoms with Crippen LogP contribution in [0, 0.1) is 5.92 Å². The first-order valence-electron chi connectivity index (χ1n) is 19.0. The van der Waals surface area contributed by atoms with Crippen molar-refractivity contribution in [3.63, 3.8) is 0 Å². The lowest BCUT2D eigenvalue weighted by Gasteiger charge is -2.32. The molecule has 258 valence electrons. The molecule has 1 spiro atoms. The molecule has 0 fully saturated rings. The highest BCUT2D eigenvalue weighted by Crippen LogP contribution is 2.55. The minimum Gasteiger partial charge on any atom is -0.0990 e. The van der Waals surface area contributed by atoms with Crippen molar-refractivity contribution < 1.29 is 0 Å². The second-order valence-corrected chi connectivity index (χ2v) is 14.5. The largest absolute Gasteiger partial charge is 0.0990 e. The number of hydrogen-bond acceptors (Lipinski definition) is 0. The predicted molar refractivity (Wildman–Crippen MR) is 225 cm³/mol. The highest BCUT2D eigenvalue weighted by Gasteiger charge is 2.43. The average molecular weight is 667 g/mol. The third-order valence-corrected chi connectivity index (χ3v) is 11.1. The summed E-state index contributed by atoms with van der Waals surface area (Å²) in [6.07, 6.45) is 25.7. The Morgan fingerprint density at radius 3 is 2.14 bits per heavy atom. The molecule has 3 aliphatic carbocycles. The van der Waals surface area contributed by atoms with Gasteiger partial charge in [0.2, 0.25) is 0 Å². The van der Waals surface area contributed by atoms with Crippen molar-refractivity contribution in [3.8, 4) is 11.1 Å². The van der Waals surface area contributed by atoms with Gasteiger partial charge in [-0.3, -0.25) is 0 Å². The van der Waals surface area contributed by atoms with Crippen LogP contribution >= 0.6 is 0 Å². The van der Waals surface area contributed by atoms with Crippen LogP contribution in [0.2, 0.25) is 0 Å². The maximum atomic E-state index is 4.22. The minimum absolute atomic E-state index is 0.409. The van der Waals surface area contributed by atoms with Crippen molar-refractivity contribution in [2.75, 3.05) is 0 Å². The number of benzene rings is 3. The molecule has 3 aliphatic rings. The molecule has 2 atom stereocenters. The monoisotopic (exact) mass is 666 g/mol. The molecule has 0 radical (unpaired) electrons. The maximum absolute atomic E-state index is 4.22. The van der Waals surface area contributed by atoms with Crippen molar-refractivity contribution in [2.24, 2.45) is 5.92 Å². The molecule has 0 heterocycles. The molecule has 0 saturated carbocycles. The van der Waals surface area contributed by atoms with Crippen molar-refractivity contribution in [3.05, 3.63) is 196 Å². The SMILES string of the molecule is C=C/C=C(\C=C)C1=CC2(C(C)=CC(c3ccccc3)=C1)C(C)=C(/C=C\CC)c1cc(-c3ccc4c(c3)C(C(C)C)=C(/C=C\CC)C4CC)ccc12. The van der Waals surface area contributed by atoms with Crippen LogP contribution in [0.15, 0.2) is 169 Å². The number of fused-ring (bicyclic) bond motifs is 3. The minimum atomic E-state index is -0.409. The van der Waals surface area contributed by atoms with Crippen LogP contribution in [0.4, 0.5) is 0 Å². The van der Waals surface area contributed by atoms with E-state index in [0.717, 1.165) is 30.4 Å². The fraction of sp³-hybridized carbons (Fsp3) is 0.255. The summed E-state index contributed by atoms with van der Waals surface area (Å²) in [4.78, 5) is 0. The van der Waals surface area contributed by atoms with Crippen LogP contribution in [0.1, 0.15) is 101 Å². The summed E-state index contributed by atoms with van der Waals surface area (Å²) in [6.45, 7) is 24.4. The maximum Gasteiger partial charge on any atom is 0.0573 e. The van der Waals surface area contributed by atoms with Gasteiger partial charge in [-0.05, 0) is 135 Å². The van der Waals surface area contributed by atoms with Gasteiger partial charge in [0.15, 0.2) is 0 Å². The smallest absolute Gasteiger partial charge is 0.0573 e. The molecular weight excluding hydrogens is 613 g/mol. The van der Waals surface area contributed by atoms with Crippen LogP contribution in [0.3, 0.4) is 0 Å². The van der Waals surface area contributed by atoms with Gasteiger partial charge in [-0.15, -0.1) is 0 Å². The zero-order chi connectivity index (χ0) is 36.3. The second kappa shape index (κ2) is 15.1. The van der Waals surface area contributed by atoms with Crippen molar-refractivity contribution in [1.29, 1.82) is 0 Å². The number of allylic oxidation sites excluding steroid dienone is 18. The van der Waals surface area contributed by atoms with Gasteiger partial charge in [0.05, 0.1) is 5.41 Å². The highest BCUT2D eigenvalue weighted by atomic mass is 14.5. The summed E-state index contributed by atoms with van der Waals surface area (Å²) in [6, 6.07) is 25.2. The summed E-state index contributed by atoms with van der Waals surface area (Å²) in [5.41, 5.74) is 19.3. The molecule has 0 nitrogen and oxygen atoms in total. The Hall–Kier alpha value is -4.94. The van der Waals surface area contributed by atoms with Crippen molar-refractivity contribution in [1.82, 2.24) is 0 Å². The van der Waals surface area contributed by atoms with Crippen LogP contribution < -0.4 is 0 Å². The number of rotatable bonds is 11. The predicted octanol–water partition coefficient (Wildman–Crippen LogP) is 14.5. The summed E-state index contributed by atoms with van der Waals surface area (Å²) in [7, 11) is 0. The quantitative estimate of drug-likeness (QED) is 0.179. The molecule has 3 aromatic rings. The molecule has 0 bridgehead atoms. The van der Waals surface area contributed by atoms with Gasteiger partial charge in [0.1, 0.15) is 0 Å². The van der Waals surface area contributed by atoms with E-state index >= 15 is 0 Å². The first-order valence-corrected chi connectivity index (χ1v) is 19.0. The van der Waals surface area contributed by atoms with E-state index in [1.807, 2.05) is 12.2 Å². The third kappa shape index (κ3) is 6.31. The molecule has 2 unspecified atom stereocenters. The summed E-state index contributed by atoms with van der Waals surface area (Å²) in [5.74, 6) is 0.917. The van der Waals surface area contributed by atoms with Crippen LogP contribution in [-0.2, 0) is 5.41 Å². The second-order valence-electron chi connectivity index (χ2n) is 14.5. The van der Waals surface area contributed by atoms with E-state index in [1.54, 1.807) is 0 Å². The highest BCUT2D eigenvalue weighted by molar-refractivity contribution is 5.93. The summed E-state index contributed by atoms with van der Waals surface area (Å²) < 4.78 is 0. The average Bonchev–Trinajstić information content (AvgIpc) is 3.52. The van der Waals surface area contributed by atoms with Crippen molar-refractivity contribution in [2.45, 2.75) is 79.1 Å². The fourth-order valence-electron chi connectivity index (χ4n) is 8.69. The van der Waals surface area contributed by atoms with Crippen molar-refractivity contribution >= 4 is 16.7 Å². The lowest BCUT2D eigenvalue weighted by molar-refractivity contribution is 0.753. The lowest BCUT2D eigenvalue weighted by Crippen LogP contribution is -2.25. The number of hydrogen-bond donors (Lipinski definition) is 0. The van der Waals surface area contributed by atoms with Gasteiger partial charge in [-0.2, -0.15) is 0 Å². The topological polar surface area (TPSA) is 0 Å². The van der Waals surface area contributed by atoms with Crippen LogP contribution in [0.25, 0.3) is 27.8 Å². The van der Waals surface area contributed by atoms with Gasteiger partial charge >= 0.3 is 0 Å². The lowest BCUT2D eigenvalue weighted by atomic mass is 9.70. The van der Waals surface area contributed by atoms with E-state index < -0.39 is 5.41 Å². The zero-order valence-corrected chi connectivity index (χ0v) is 31.8. The molecule has 6 rings (SSSR count). The van der Waals surface area contributed by atoms with E-state index in [0.29, 0.717) is 11.8 Å². The zero-order valence-electron chi connectivity index (χ0n) is 31.8. The molecule has 0 saturated heterocycles. The Morgan fingerprint density at radius 2 is 1.49 bits per heavy atom. The van der Waals surface area contributed by atoms with E-state index in [-0.39, 0.29) is 0 Å². The fourth-order valence-corrected chi connectivity index (χ4v) is 8.69. The molecule has 0 aliphatic heterocycles. The Labute approximate surface area is 308 Å². The molecule has 0 N–H and O–H groups in total. The summed E-state index contributed by atoms with van der Waals surface area (Å²) in [5, 5.41) is 0. The van der Waals surface area contributed by atoms with Crippen LogP contribution in [0.5, 0.6) is 0 Å². The van der Waals surface area contributed by atoms with Gasteiger partial charge in [0.25, 0.3) is 0 Å². The Kier molecular flexibility index (Phi) is 10.6. The van der Waals surface area contributed by atoms with E-state index in [4.69, 9.17) is 0 Å². The molecule has 51 heavy (non-hydrogen) atoms. The third-order valence-electron chi connectivity index (χ3n) is 11.1. The Balaban J connectivity index is 1.57. The van der Waals surface area contributed by atoms with E-state index in [9.17, 15) is 0 Å². The van der Waals surface area contributed by atoms with Gasteiger partial charge < -0.3 is 0 Å².